The van der Waals surface area contributed by atoms with Crippen LogP contribution in [0.1, 0.15) is 48.6 Å². The van der Waals surface area contributed by atoms with Crippen molar-refractivity contribution in [2.45, 2.75) is 46.3 Å². The van der Waals surface area contributed by atoms with Crippen LogP contribution in [-0.4, -0.2) is 12.6 Å². The zero-order valence-corrected chi connectivity index (χ0v) is 14.2. The third-order valence-corrected chi connectivity index (χ3v) is 4.29. The number of rotatable bonds is 7. The van der Waals surface area contributed by atoms with Crippen LogP contribution in [0.15, 0.2) is 36.4 Å². The van der Waals surface area contributed by atoms with E-state index in [1.165, 1.54) is 15.3 Å². The lowest BCUT2D eigenvalue weighted by atomic mass is 10.0. The monoisotopic (exact) mass is 303 g/mol. The van der Waals surface area contributed by atoms with Crippen molar-refractivity contribution in [3.05, 3.63) is 51.7 Å². The molecular formula is C18H25NOS. The van der Waals surface area contributed by atoms with Crippen molar-refractivity contribution in [2.24, 2.45) is 0 Å². The van der Waals surface area contributed by atoms with Crippen LogP contribution in [0.5, 0.6) is 5.75 Å². The van der Waals surface area contributed by atoms with Gasteiger partial charge >= 0.3 is 0 Å². The molecule has 1 aromatic carbocycles. The summed E-state index contributed by atoms with van der Waals surface area (Å²) in [4.78, 5) is 2.73. The molecule has 2 rings (SSSR count). The first-order valence-electron chi connectivity index (χ1n) is 7.66. The second-order valence-electron chi connectivity index (χ2n) is 5.57. The molecule has 21 heavy (non-hydrogen) atoms. The zero-order valence-electron chi connectivity index (χ0n) is 13.3. The fourth-order valence-corrected chi connectivity index (χ4v) is 3.27. The van der Waals surface area contributed by atoms with Crippen LogP contribution < -0.4 is 10.1 Å². The molecular weight excluding hydrogens is 278 g/mol. The van der Waals surface area contributed by atoms with Crippen molar-refractivity contribution < 1.29 is 4.74 Å². The number of benzene rings is 1. The zero-order chi connectivity index (χ0) is 15.2. The van der Waals surface area contributed by atoms with Crippen LogP contribution in [0.3, 0.4) is 0 Å². The predicted molar refractivity (Wildman–Crippen MR) is 91.4 cm³/mol. The maximum Gasteiger partial charge on any atom is 0.119 e. The van der Waals surface area contributed by atoms with Gasteiger partial charge in [-0.2, -0.15) is 0 Å². The van der Waals surface area contributed by atoms with E-state index in [2.05, 4.69) is 55.6 Å². The summed E-state index contributed by atoms with van der Waals surface area (Å²) in [5.74, 6) is 0.936. The highest BCUT2D eigenvalue weighted by Crippen LogP contribution is 2.29. The first kappa shape index (κ1) is 16.1. The maximum absolute atomic E-state index is 5.72. The molecule has 114 valence electrons. The van der Waals surface area contributed by atoms with Gasteiger partial charge in [-0.1, -0.05) is 19.1 Å². The van der Waals surface area contributed by atoms with E-state index in [1.807, 2.05) is 25.2 Å². The molecule has 0 aliphatic heterocycles. The Morgan fingerprint density at radius 2 is 1.81 bits per heavy atom. The molecule has 0 amide bonds. The molecule has 0 fully saturated rings. The first-order chi connectivity index (χ1) is 10.1. The highest BCUT2D eigenvalue weighted by atomic mass is 32.1. The Morgan fingerprint density at radius 1 is 1.10 bits per heavy atom. The number of hydrogen-bond donors (Lipinski definition) is 1. The molecule has 1 atom stereocenters. The molecule has 0 aliphatic carbocycles. The average molecular weight is 303 g/mol. The standard InChI is InChI=1S/C18H25NOS/c1-5-12-19-18(17-11-6-14(4)21-17)15-7-9-16(10-8-15)20-13(2)3/h6-11,13,18-19H,5,12H2,1-4H3. The molecule has 0 bridgehead atoms. The fraction of sp³-hybridized carbons (Fsp3) is 0.444. The topological polar surface area (TPSA) is 21.3 Å². The summed E-state index contributed by atoms with van der Waals surface area (Å²) >= 11 is 1.86. The van der Waals surface area contributed by atoms with Gasteiger partial charge in [0.25, 0.3) is 0 Å². The lowest BCUT2D eigenvalue weighted by Gasteiger charge is -2.18. The van der Waals surface area contributed by atoms with Gasteiger partial charge in [-0.15, -0.1) is 11.3 Å². The van der Waals surface area contributed by atoms with Crippen molar-refractivity contribution >= 4 is 11.3 Å². The highest BCUT2D eigenvalue weighted by Gasteiger charge is 2.15. The average Bonchev–Trinajstić information content (AvgIpc) is 2.87. The third kappa shape index (κ3) is 4.58. The van der Waals surface area contributed by atoms with Crippen LogP contribution in [-0.2, 0) is 0 Å². The number of aryl methyl sites for hydroxylation is 1. The molecule has 1 aromatic heterocycles. The van der Waals surface area contributed by atoms with Crippen LogP contribution in [0.25, 0.3) is 0 Å². The minimum Gasteiger partial charge on any atom is -0.491 e. The molecule has 0 saturated heterocycles. The van der Waals surface area contributed by atoms with E-state index in [1.54, 1.807) is 0 Å². The van der Waals surface area contributed by atoms with E-state index in [9.17, 15) is 0 Å². The summed E-state index contributed by atoms with van der Waals surface area (Å²) in [6.07, 6.45) is 1.35. The summed E-state index contributed by atoms with van der Waals surface area (Å²) in [6.45, 7) is 9.47. The van der Waals surface area contributed by atoms with Crippen molar-refractivity contribution in [3.63, 3.8) is 0 Å². The molecule has 3 heteroatoms. The van der Waals surface area contributed by atoms with Crippen molar-refractivity contribution in [2.75, 3.05) is 6.54 Å². The van der Waals surface area contributed by atoms with Gasteiger partial charge in [-0.3, -0.25) is 0 Å². The summed E-state index contributed by atoms with van der Waals surface area (Å²) in [7, 11) is 0. The Kier molecular flexibility index (Phi) is 5.83. The third-order valence-electron chi connectivity index (χ3n) is 3.23. The Morgan fingerprint density at radius 3 is 2.33 bits per heavy atom. The lowest BCUT2D eigenvalue weighted by Crippen LogP contribution is -2.22. The summed E-state index contributed by atoms with van der Waals surface area (Å²) in [6, 6.07) is 13.2. The lowest BCUT2D eigenvalue weighted by molar-refractivity contribution is 0.242. The Balaban J connectivity index is 2.20. The molecule has 1 N–H and O–H groups in total. The van der Waals surface area contributed by atoms with Crippen LogP contribution in [0.4, 0.5) is 0 Å². The van der Waals surface area contributed by atoms with Gasteiger partial charge in [-0.05, 0) is 63.6 Å². The quantitative estimate of drug-likeness (QED) is 0.783. The summed E-state index contributed by atoms with van der Waals surface area (Å²) in [5, 5.41) is 3.65. The summed E-state index contributed by atoms with van der Waals surface area (Å²) < 4.78 is 5.72. The molecule has 2 nitrogen and oxygen atoms in total. The Labute approximate surface area is 132 Å². The molecule has 0 spiro atoms. The highest BCUT2D eigenvalue weighted by molar-refractivity contribution is 7.12. The maximum atomic E-state index is 5.72. The number of hydrogen-bond acceptors (Lipinski definition) is 3. The van der Waals surface area contributed by atoms with Crippen LogP contribution in [0, 0.1) is 6.92 Å². The van der Waals surface area contributed by atoms with E-state index in [4.69, 9.17) is 4.74 Å². The Bertz CT molecular complexity index is 545. The molecule has 0 saturated carbocycles. The molecule has 1 heterocycles. The first-order valence-corrected chi connectivity index (χ1v) is 8.48. The van der Waals surface area contributed by atoms with Crippen molar-refractivity contribution in [1.82, 2.24) is 5.32 Å². The number of thiophene rings is 1. The van der Waals surface area contributed by atoms with E-state index in [-0.39, 0.29) is 12.1 Å². The number of nitrogens with one attached hydrogen (secondary N) is 1. The summed E-state index contributed by atoms with van der Waals surface area (Å²) in [5.41, 5.74) is 1.29. The van der Waals surface area contributed by atoms with Gasteiger partial charge in [0.05, 0.1) is 12.1 Å². The second-order valence-corrected chi connectivity index (χ2v) is 6.89. The van der Waals surface area contributed by atoms with Gasteiger partial charge in [0.1, 0.15) is 5.75 Å². The van der Waals surface area contributed by atoms with Gasteiger partial charge in [0.15, 0.2) is 0 Å². The van der Waals surface area contributed by atoms with E-state index < -0.39 is 0 Å². The van der Waals surface area contributed by atoms with Crippen LogP contribution in [0.2, 0.25) is 0 Å². The minimum atomic E-state index is 0.213. The van der Waals surface area contributed by atoms with Crippen LogP contribution >= 0.6 is 11.3 Å². The fourth-order valence-electron chi connectivity index (χ4n) is 2.29. The minimum absolute atomic E-state index is 0.213. The second kappa shape index (κ2) is 7.62. The van der Waals surface area contributed by atoms with E-state index in [0.717, 1.165) is 18.7 Å². The van der Waals surface area contributed by atoms with Crippen molar-refractivity contribution in [1.29, 1.82) is 0 Å². The Hall–Kier alpha value is -1.32. The van der Waals surface area contributed by atoms with Gasteiger partial charge < -0.3 is 10.1 Å². The number of ether oxygens (including phenoxy) is 1. The van der Waals surface area contributed by atoms with Gasteiger partial charge in [-0.25, -0.2) is 0 Å². The molecule has 0 aliphatic rings. The van der Waals surface area contributed by atoms with Gasteiger partial charge in [0.2, 0.25) is 0 Å². The van der Waals surface area contributed by atoms with Crippen molar-refractivity contribution in [3.8, 4) is 5.75 Å². The normalized spacial score (nSPS) is 12.6. The van der Waals surface area contributed by atoms with Gasteiger partial charge in [0, 0.05) is 9.75 Å². The largest absolute Gasteiger partial charge is 0.491 e. The molecule has 1 unspecified atom stereocenters. The molecule has 2 aromatic rings. The predicted octanol–water partition coefficient (Wildman–Crippen LogP) is 4.93. The van der Waals surface area contributed by atoms with E-state index >= 15 is 0 Å². The molecule has 0 radical (unpaired) electrons. The SMILES string of the molecule is CCCNC(c1ccc(OC(C)C)cc1)c1ccc(C)s1. The van der Waals surface area contributed by atoms with E-state index in [0.29, 0.717) is 0 Å². The smallest absolute Gasteiger partial charge is 0.119 e.